The molecule has 0 unspecified atom stereocenters. The van der Waals surface area contributed by atoms with Crippen molar-refractivity contribution in [1.82, 2.24) is 10.6 Å². The molecule has 0 aromatic heterocycles. The van der Waals surface area contributed by atoms with Crippen LogP contribution in [-0.4, -0.2) is 59.8 Å². The molecule has 1 fully saturated rings. The lowest BCUT2D eigenvalue weighted by molar-refractivity contribution is -0.140. The first-order chi connectivity index (χ1) is 8.91. The lowest BCUT2D eigenvalue weighted by Gasteiger charge is -2.22. The summed E-state index contributed by atoms with van der Waals surface area (Å²) in [5.41, 5.74) is 0. The van der Waals surface area contributed by atoms with E-state index in [-0.39, 0.29) is 18.3 Å². The van der Waals surface area contributed by atoms with E-state index in [0.717, 1.165) is 0 Å². The Kier molecular flexibility index (Phi) is 6.63. The molecule has 0 aromatic carbocycles. The van der Waals surface area contributed by atoms with Gasteiger partial charge in [-0.15, -0.1) is 0 Å². The van der Waals surface area contributed by atoms with E-state index < -0.39 is 32.1 Å². The Hall–Kier alpha value is -0.765. The summed E-state index contributed by atoms with van der Waals surface area (Å²) in [5.74, 6) is -1.36. The van der Waals surface area contributed by atoms with Crippen molar-refractivity contribution in [2.24, 2.45) is 5.92 Å². The van der Waals surface area contributed by atoms with Crippen LogP contribution in [0.3, 0.4) is 0 Å². The van der Waals surface area contributed by atoms with E-state index in [9.17, 15) is 13.6 Å². The number of carbonyl (C=O) groups is 1. The van der Waals surface area contributed by atoms with E-state index >= 15 is 0 Å². The molecule has 1 saturated heterocycles. The first-order valence-electron chi connectivity index (χ1n) is 6.25. The molecule has 0 radical (unpaired) electrons. The lowest BCUT2D eigenvalue weighted by Crippen LogP contribution is -2.41. The number of carboxylic acids is 1. The van der Waals surface area contributed by atoms with E-state index in [2.05, 4.69) is 10.6 Å². The smallest absolute Gasteiger partial charge is 0.451 e. The minimum atomic E-state index is -2.48. The molecule has 5 N–H and O–H groups in total. The third kappa shape index (κ3) is 5.39. The number of hydrogen-bond donors (Lipinski definition) is 5. The van der Waals surface area contributed by atoms with Gasteiger partial charge in [-0.3, -0.25) is 4.79 Å². The molecule has 1 heterocycles. The van der Waals surface area contributed by atoms with Gasteiger partial charge in [-0.1, -0.05) is 6.42 Å². The fourth-order valence-corrected chi connectivity index (χ4v) is 2.43. The highest BCUT2D eigenvalue weighted by atomic mass is 19.3. The molecule has 3 atom stereocenters. The third-order valence-electron chi connectivity index (χ3n) is 3.30. The van der Waals surface area contributed by atoms with Crippen LogP contribution in [0.2, 0.25) is 6.32 Å². The van der Waals surface area contributed by atoms with Gasteiger partial charge in [-0.25, -0.2) is 8.78 Å². The van der Waals surface area contributed by atoms with Gasteiger partial charge in [-0.2, -0.15) is 0 Å². The maximum Gasteiger partial charge on any atom is 0.451 e. The molecule has 110 valence electrons. The molecular weight excluding hydrogens is 261 g/mol. The summed E-state index contributed by atoms with van der Waals surface area (Å²) in [5, 5.41) is 32.0. The van der Waals surface area contributed by atoms with Crippen LogP contribution in [0, 0.1) is 5.92 Å². The fourth-order valence-electron chi connectivity index (χ4n) is 2.43. The van der Waals surface area contributed by atoms with Crippen LogP contribution < -0.4 is 10.6 Å². The maximum atomic E-state index is 12.2. The van der Waals surface area contributed by atoms with Gasteiger partial charge in [0.05, 0.1) is 6.54 Å². The zero-order chi connectivity index (χ0) is 14.4. The van der Waals surface area contributed by atoms with Crippen LogP contribution in [0.4, 0.5) is 8.78 Å². The van der Waals surface area contributed by atoms with Crippen LogP contribution in [-0.2, 0) is 4.79 Å². The summed E-state index contributed by atoms with van der Waals surface area (Å²) in [6.45, 7) is -0.159. The summed E-state index contributed by atoms with van der Waals surface area (Å²) in [6.07, 6.45) is -1.48. The Labute approximate surface area is 110 Å². The number of rotatable bonds is 8. The van der Waals surface area contributed by atoms with E-state index in [1.54, 1.807) is 0 Å². The van der Waals surface area contributed by atoms with Gasteiger partial charge in [0.15, 0.2) is 0 Å². The molecule has 0 amide bonds. The molecule has 9 heteroatoms. The highest BCUT2D eigenvalue weighted by Gasteiger charge is 2.39. The molecule has 1 aliphatic heterocycles. The van der Waals surface area contributed by atoms with Gasteiger partial charge >= 0.3 is 13.1 Å². The molecular formula is C10H19BF2N2O4. The van der Waals surface area contributed by atoms with Crippen molar-refractivity contribution < 1.29 is 28.7 Å². The van der Waals surface area contributed by atoms with E-state index in [0.29, 0.717) is 19.4 Å². The molecule has 0 aromatic rings. The average molecular weight is 280 g/mol. The molecule has 1 aliphatic rings. The summed E-state index contributed by atoms with van der Waals surface area (Å²) in [7, 11) is -1.43. The zero-order valence-corrected chi connectivity index (χ0v) is 10.4. The van der Waals surface area contributed by atoms with Crippen LogP contribution in [0.5, 0.6) is 0 Å². The average Bonchev–Trinajstić information content (AvgIpc) is 2.69. The Morgan fingerprint density at radius 3 is 2.68 bits per heavy atom. The van der Waals surface area contributed by atoms with Crippen molar-refractivity contribution in [3.8, 4) is 0 Å². The molecule has 0 spiro atoms. The van der Waals surface area contributed by atoms with Crippen molar-refractivity contribution in [3.05, 3.63) is 0 Å². The first-order valence-corrected chi connectivity index (χ1v) is 6.25. The van der Waals surface area contributed by atoms with Gasteiger partial charge in [0.25, 0.3) is 6.43 Å². The number of alkyl halides is 2. The molecule has 19 heavy (non-hydrogen) atoms. The van der Waals surface area contributed by atoms with Crippen molar-refractivity contribution >= 4 is 13.1 Å². The third-order valence-corrected chi connectivity index (χ3v) is 3.30. The predicted molar refractivity (Wildman–Crippen MR) is 64.9 cm³/mol. The number of halogens is 2. The fraction of sp³-hybridized carbons (Fsp3) is 0.900. The van der Waals surface area contributed by atoms with Crippen molar-refractivity contribution in [2.45, 2.75) is 37.7 Å². The minimum Gasteiger partial charge on any atom is -0.480 e. The maximum absolute atomic E-state index is 12.2. The second-order valence-electron chi connectivity index (χ2n) is 4.71. The highest BCUT2D eigenvalue weighted by molar-refractivity contribution is 6.40. The number of nitrogens with one attached hydrogen (secondary N) is 2. The van der Waals surface area contributed by atoms with Crippen LogP contribution in [0.15, 0.2) is 0 Å². The van der Waals surface area contributed by atoms with Gasteiger partial charge in [0.2, 0.25) is 0 Å². The highest BCUT2D eigenvalue weighted by Crippen LogP contribution is 2.23. The standard InChI is InChI=1S/C10H19BF2N2O4/c12-8(13)5-14-7-4-15-9(10(16)17)6(7)2-1-3-11(18)19/h6-9,14-15,18-19H,1-5H2,(H,16,17)/t6-,7+,9+/m1/s1. The number of hydrogen-bond acceptors (Lipinski definition) is 5. The van der Waals surface area contributed by atoms with Crippen molar-refractivity contribution in [3.63, 3.8) is 0 Å². The van der Waals surface area contributed by atoms with Crippen molar-refractivity contribution in [1.29, 1.82) is 0 Å². The van der Waals surface area contributed by atoms with E-state index in [1.807, 2.05) is 0 Å². The van der Waals surface area contributed by atoms with Crippen LogP contribution >= 0.6 is 0 Å². The van der Waals surface area contributed by atoms with Crippen LogP contribution in [0.1, 0.15) is 12.8 Å². The second kappa shape index (κ2) is 7.73. The summed E-state index contributed by atoms with van der Waals surface area (Å²) in [6, 6.07) is -1.13. The summed E-state index contributed by atoms with van der Waals surface area (Å²) >= 11 is 0. The molecule has 0 bridgehead atoms. The minimum absolute atomic E-state index is 0.143. The Bertz CT molecular complexity index is 297. The number of aliphatic carboxylic acids is 1. The largest absolute Gasteiger partial charge is 0.480 e. The Balaban J connectivity index is 2.51. The monoisotopic (exact) mass is 280 g/mol. The van der Waals surface area contributed by atoms with E-state index in [1.165, 1.54) is 0 Å². The van der Waals surface area contributed by atoms with Gasteiger partial charge in [0, 0.05) is 18.5 Å². The second-order valence-corrected chi connectivity index (χ2v) is 4.71. The summed E-state index contributed by atoms with van der Waals surface area (Å²) in [4.78, 5) is 11.1. The quantitative estimate of drug-likeness (QED) is 0.371. The van der Waals surface area contributed by atoms with Crippen LogP contribution in [0.25, 0.3) is 0 Å². The SMILES string of the molecule is O=C(O)[C@H]1NC[C@H](NCC(F)F)[C@H]1CCCB(O)O. The van der Waals surface area contributed by atoms with Gasteiger partial charge in [-0.05, 0) is 12.7 Å². The molecule has 0 saturated carbocycles. The van der Waals surface area contributed by atoms with Gasteiger partial charge < -0.3 is 25.8 Å². The lowest BCUT2D eigenvalue weighted by atomic mass is 9.80. The first kappa shape index (κ1) is 16.3. The van der Waals surface area contributed by atoms with Gasteiger partial charge in [0.1, 0.15) is 6.04 Å². The Morgan fingerprint density at radius 2 is 2.16 bits per heavy atom. The number of carboxylic acid groups (broad SMARTS) is 1. The molecule has 6 nitrogen and oxygen atoms in total. The van der Waals surface area contributed by atoms with E-state index in [4.69, 9.17) is 15.2 Å². The summed E-state index contributed by atoms with van der Waals surface area (Å²) < 4.78 is 24.3. The molecule has 0 aliphatic carbocycles. The topological polar surface area (TPSA) is 102 Å². The Morgan fingerprint density at radius 1 is 1.47 bits per heavy atom. The predicted octanol–water partition coefficient (Wildman–Crippen LogP) is -0.865. The molecule has 1 rings (SSSR count). The van der Waals surface area contributed by atoms with Crippen molar-refractivity contribution in [2.75, 3.05) is 13.1 Å². The zero-order valence-electron chi connectivity index (χ0n) is 10.4. The normalized spacial score (nSPS) is 26.9.